The van der Waals surface area contributed by atoms with Crippen LogP contribution in [0.1, 0.15) is 21.5 Å². The van der Waals surface area contributed by atoms with Gasteiger partial charge in [0.25, 0.3) is 0 Å². The van der Waals surface area contributed by atoms with E-state index in [1.807, 2.05) is 0 Å². The fraction of sp³-hybridized carbons (Fsp3) is 0.158. The van der Waals surface area contributed by atoms with Crippen molar-refractivity contribution in [2.45, 2.75) is 6.54 Å². The summed E-state index contributed by atoms with van der Waals surface area (Å²) in [5.41, 5.74) is 3.17. The molecular weight excluding hydrogens is 382 g/mol. The van der Waals surface area contributed by atoms with Crippen LogP contribution in [0.3, 0.4) is 0 Å². The van der Waals surface area contributed by atoms with Crippen molar-refractivity contribution in [3.63, 3.8) is 0 Å². The molecule has 10 nitrogen and oxygen atoms in total. The summed E-state index contributed by atoms with van der Waals surface area (Å²) in [5, 5.41) is 15.3. The van der Waals surface area contributed by atoms with Crippen LogP contribution in [-0.2, 0) is 16.1 Å². The molecule has 0 radical (unpaired) electrons. The summed E-state index contributed by atoms with van der Waals surface area (Å²) in [6.07, 6.45) is 1.22. The fourth-order valence-corrected chi connectivity index (χ4v) is 2.50. The van der Waals surface area contributed by atoms with E-state index in [2.05, 4.69) is 15.8 Å². The molecule has 3 N–H and O–H groups in total. The van der Waals surface area contributed by atoms with Crippen LogP contribution in [0.15, 0.2) is 41.5 Å². The minimum Gasteiger partial charge on any atom is -0.496 e. The minimum atomic E-state index is -1.16. The molecule has 0 aromatic heterocycles. The Balaban J connectivity index is 1.53. The van der Waals surface area contributed by atoms with E-state index in [1.165, 1.54) is 25.5 Å². The second-order valence-corrected chi connectivity index (χ2v) is 5.83. The Kier molecular flexibility index (Phi) is 5.93. The number of benzene rings is 2. The first-order valence-corrected chi connectivity index (χ1v) is 8.39. The fourth-order valence-electron chi connectivity index (χ4n) is 2.50. The van der Waals surface area contributed by atoms with E-state index in [4.69, 9.17) is 19.3 Å². The Morgan fingerprint density at radius 1 is 1.14 bits per heavy atom. The molecule has 1 aliphatic heterocycles. The number of rotatable bonds is 6. The highest BCUT2D eigenvalue weighted by Crippen LogP contribution is 2.32. The van der Waals surface area contributed by atoms with Crippen molar-refractivity contribution >= 4 is 24.0 Å². The van der Waals surface area contributed by atoms with Crippen LogP contribution in [0.25, 0.3) is 0 Å². The smallest absolute Gasteiger partial charge is 0.339 e. The lowest BCUT2D eigenvalue weighted by atomic mass is 10.1. The number of hydrazone groups is 1. The number of amides is 2. The van der Waals surface area contributed by atoms with Crippen LogP contribution < -0.4 is 25.0 Å². The lowest BCUT2D eigenvalue weighted by Gasteiger charge is -2.06. The van der Waals surface area contributed by atoms with Gasteiger partial charge in [-0.05, 0) is 41.5 Å². The zero-order valence-corrected chi connectivity index (χ0v) is 15.3. The van der Waals surface area contributed by atoms with Crippen LogP contribution in [-0.4, -0.2) is 43.0 Å². The summed E-state index contributed by atoms with van der Waals surface area (Å²) in [5.74, 6) is -1.61. The molecule has 0 atom stereocenters. The van der Waals surface area contributed by atoms with Gasteiger partial charge in [-0.25, -0.2) is 10.2 Å². The molecule has 150 valence electrons. The molecule has 0 saturated heterocycles. The molecule has 0 fully saturated rings. The van der Waals surface area contributed by atoms with E-state index >= 15 is 0 Å². The second-order valence-electron chi connectivity index (χ2n) is 5.83. The van der Waals surface area contributed by atoms with Crippen molar-refractivity contribution in [3.8, 4) is 17.2 Å². The van der Waals surface area contributed by atoms with E-state index in [0.717, 1.165) is 5.56 Å². The van der Waals surface area contributed by atoms with Gasteiger partial charge < -0.3 is 24.6 Å². The number of fused-ring (bicyclic) bond motifs is 1. The number of ether oxygens (including phenoxy) is 3. The van der Waals surface area contributed by atoms with E-state index in [0.29, 0.717) is 17.1 Å². The maximum absolute atomic E-state index is 11.9. The third-order valence-electron chi connectivity index (χ3n) is 3.93. The highest BCUT2D eigenvalue weighted by Gasteiger charge is 2.16. The molecule has 1 heterocycles. The van der Waals surface area contributed by atoms with Gasteiger partial charge in [0, 0.05) is 6.54 Å². The maximum atomic E-state index is 11.9. The number of carbonyl (C=O) groups excluding carboxylic acids is 2. The van der Waals surface area contributed by atoms with Gasteiger partial charge in [-0.15, -0.1) is 0 Å². The van der Waals surface area contributed by atoms with E-state index in [9.17, 15) is 14.4 Å². The van der Waals surface area contributed by atoms with Crippen molar-refractivity contribution in [2.75, 3.05) is 13.9 Å². The van der Waals surface area contributed by atoms with Crippen molar-refractivity contribution in [1.82, 2.24) is 10.7 Å². The maximum Gasteiger partial charge on any atom is 0.339 e. The van der Waals surface area contributed by atoms with Gasteiger partial charge in [0.1, 0.15) is 11.3 Å². The van der Waals surface area contributed by atoms with Crippen LogP contribution >= 0.6 is 0 Å². The van der Waals surface area contributed by atoms with Crippen LogP contribution in [0, 0.1) is 0 Å². The summed E-state index contributed by atoms with van der Waals surface area (Å²) < 4.78 is 15.4. The number of nitrogens with one attached hydrogen (secondary N) is 2. The average Bonchev–Trinajstić information content (AvgIpc) is 3.19. The molecule has 2 aromatic carbocycles. The SMILES string of the molecule is COc1ccc(/C=N\NC(=O)C(=O)NCc2ccc3c(c2)OCO3)cc1C(=O)O. The average molecular weight is 399 g/mol. The largest absolute Gasteiger partial charge is 0.496 e. The number of carbonyl (C=O) groups is 3. The number of nitrogens with zero attached hydrogens (tertiary/aromatic N) is 1. The summed E-state index contributed by atoms with van der Waals surface area (Å²) in [7, 11) is 1.36. The number of hydrogen-bond donors (Lipinski definition) is 3. The van der Waals surface area contributed by atoms with Crippen LogP contribution in [0.5, 0.6) is 17.2 Å². The summed E-state index contributed by atoms with van der Waals surface area (Å²) in [6, 6.07) is 9.52. The minimum absolute atomic E-state index is 0.0516. The summed E-state index contributed by atoms with van der Waals surface area (Å²) in [6.45, 7) is 0.265. The Labute approximate surface area is 165 Å². The highest BCUT2D eigenvalue weighted by molar-refractivity contribution is 6.35. The molecule has 0 unspecified atom stereocenters. The van der Waals surface area contributed by atoms with Gasteiger partial charge in [0.15, 0.2) is 11.5 Å². The molecule has 0 spiro atoms. The monoisotopic (exact) mass is 399 g/mol. The molecular formula is C19H17N3O7. The predicted molar refractivity (Wildman–Crippen MR) is 100 cm³/mol. The van der Waals surface area contributed by atoms with Crippen molar-refractivity contribution in [1.29, 1.82) is 0 Å². The first-order chi connectivity index (χ1) is 14.0. The first-order valence-electron chi connectivity index (χ1n) is 8.39. The van der Waals surface area contributed by atoms with Crippen molar-refractivity contribution in [2.24, 2.45) is 5.10 Å². The van der Waals surface area contributed by atoms with Gasteiger partial charge in [-0.2, -0.15) is 5.10 Å². The number of carboxylic acids is 1. The standard InChI is InChI=1S/C19H17N3O7/c1-27-14-4-2-11(6-13(14)19(25)26)9-21-22-18(24)17(23)20-8-12-3-5-15-16(7-12)29-10-28-15/h2-7,9H,8,10H2,1H3,(H,20,23)(H,22,24)(H,25,26)/b21-9-. The summed E-state index contributed by atoms with van der Waals surface area (Å²) in [4.78, 5) is 34.9. The quantitative estimate of drug-likeness (QED) is 0.373. The molecule has 3 rings (SSSR count). The van der Waals surface area contributed by atoms with Gasteiger partial charge in [-0.3, -0.25) is 9.59 Å². The predicted octanol–water partition coefficient (Wildman–Crippen LogP) is 0.889. The van der Waals surface area contributed by atoms with Gasteiger partial charge in [0.05, 0.1) is 13.3 Å². The molecule has 10 heteroatoms. The van der Waals surface area contributed by atoms with E-state index in [1.54, 1.807) is 24.3 Å². The zero-order valence-electron chi connectivity index (χ0n) is 15.3. The third kappa shape index (κ3) is 4.80. The second kappa shape index (κ2) is 8.74. The number of carboxylic acid groups (broad SMARTS) is 1. The topological polar surface area (TPSA) is 136 Å². The number of aromatic carboxylic acids is 1. The van der Waals surface area contributed by atoms with Crippen LogP contribution in [0.4, 0.5) is 0 Å². The summed E-state index contributed by atoms with van der Waals surface area (Å²) >= 11 is 0. The molecule has 0 bridgehead atoms. The molecule has 1 aliphatic rings. The normalized spacial score (nSPS) is 11.9. The Hall–Kier alpha value is -4.08. The van der Waals surface area contributed by atoms with Crippen molar-refractivity contribution in [3.05, 3.63) is 53.1 Å². The van der Waals surface area contributed by atoms with Crippen LogP contribution in [0.2, 0.25) is 0 Å². The molecule has 2 amide bonds. The first kappa shape index (κ1) is 19.7. The van der Waals surface area contributed by atoms with E-state index < -0.39 is 17.8 Å². The number of hydrogen-bond acceptors (Lipinski definition) is 7. The van der Waals surface area contributed by atoms with Gasteiger partial charge >= 0.3 is 17.8 Å². The Morgan fingerprint density at radius 3 is 2.69 bits per heavy atom. The number of methoxy groups -OCH3 is 1. The highest BCUT2D eigenvalue weighted by atomic mass is 16.7. The lowest BCUT2D eigenvalue weighted by Crippen LogP contribution is -2.37. The molecule has 2 aromatic rings. The van der Waals surface area contributed by atoms with Gasteiger partial charge in [0.2, 0.25) is 6.79 Å². The third-order valence-corrected chi connectivity index (χ3v) is 3.93. The molecule has 0 saturated carbocycles. The molecule has 0 aliphatic carbocycles. The zero-order chi connectivity index (χ0) is 20.8. The Bertz CT molecular complexity index is 988. The Morgan fingerprint density at radius 2 is 1.93 bits per heavy atom. The molecule has 29 heavy (non-hydrogen) atoms. The lowest BCUT2D eigenvalue weighted by molar-refractivity contribution is -0.139. The van der Waals surface area contributed by atoms with E-state index in [-0.39, 0.29) is 24.7 Å². The van der Waals surface area contributed by atoms with Crippen molar-refractivity contribution < 1.29 is 33.7 Å². The van der Waals surface area contributed by atoms with Gasteiger partial charge in [-0.1, -0.05) is 6.07 Å².